The second-order valence-electron chi connectivity index (χ2n) is 4.00. The van der Waals surface area contributed by atoms with Crippen molar-refractivity contribution < 1.29 is 9.47 Å². The fourth-order valence-corrected chi connectivity index (χ4v) is 1.90. The van der Waals surface area contributed by atoms with E-state index in [2.05, 4.69) is 12.3 Å². The first kappa shape index (κ1) is 12.5. The molecule has 0 aliphatic rings. The monoisotopic (exact) mass is 246 g/mol. The molecule has 0 aliphatic heterocycles. The Bertz CT molecular complexity index is 520. The molecule has 0 aliphatic carbocycles. The number of rotatable bonds is 5. The zero-order valence-corrected chi connectivity index (χ0v) is 10.7. The zero-order valence-electron chi connectivity index (χ0n) is 10.7. The Balaban J connectivity index is 2.31. The highest BCUT2D eigenvalue weighted by Gasteiger charge is 2.06. The first-order chi connectivity index (χ1) is 8.78. The van der Waals surface area contributed by atoms with Crippen molar-refractivity contribution in [1.29, 1.82) is 0 Å². The highest BCUT2D eigenvalue weighted by atomic mass is 16.5. The standard InChI is InChI=1S/C14H18N2O2/c1-17-13-4-3-12(9-14(13)18-2)16-8-6-11(10-16)5-7-15/h3-4,6,8-10H,5,7,15H2,1-2H3. The minimum Gasteiger partial charge on any atom is -0.493 e. The lowest BCUT2D eigenvalue weighted by atomic mass is 10.2. The predicted octanol–water partition coefficient (Wildman–Crippen LogP) is 2.00. The fraction of sp³-hybridized carbons (Fsp3) is 0.286. The molecule has 4 heteroatoms. The number of methoxy groups -OCH3 is 2. The minimum absolute atomic E-state index is 0.663. The van der Waals surface area contributed by atoms with Crippen LogP contribution in [0, 0.1) is 0 Å². The summed E-state index contributed by atoms with van der Waals surface area (Å²) in [5.41, 5.74) is 7.81. The first-order valence-electron chi connectivity index (χ1n) is 5.88. The van der Waals surface area contributed by atoms with E-state index in [4.69, 9.17) is 15.2 Å². The topological polar surface area (TPSA) is 49.4 Å². The molecule has 1 aromatic carbocycles. The van der Waals surface area contributed by atoms with Gasteiger partial charge >= 0.3 is 0 Å². The summed E-state index contributed by atoms with van der Waals surface area (Å²) in [6, 6.07) is 7.92. The van der Waals surface area contributed by atoms with E-state index >= 15 is 0 Å². The third-order valence-corrected chi connectivity index (χ3v) is 2.85. The van der Waals surface area contributed by atoms with Gasteiger partial charge in [-0.25, -0.2) is 0 Å². The number of hydrogen-bond donors (Lipinski definition) is 1. The third-order valence-electron chi connectivity index (χ3n) is 2.85. The molecule has 0 saturated carbocycles. The second kappa shape index (κ2) is 5.60. The summed E-state index contributed by atoms with van der Waals surface area (Å²) in [6.07, 6.45) is 4.99. The zero-order chi connectivity index (χ0) is 13.0. The number of nitrogens with zero attached hydrogens (tertiary/aromatic N) is 1. The van der Waals surface area contributed by atoms with E-state index in [1.165, 1.54) is 5.56 Å². The van der Waals surface area contributed by atoms with Crippen LogP contribution >= 0.6 is 0 Å². The maximum absolute atomic E-state index is 5.55. The van der Waals surface area contributed by atoms with Crippen LogP contribution in [-0.2, 0) is 6.42 Å². The van der Waals surface area contributed by atoms with Crippen LogP contribution in [0.1, 0.15) is 5.56 Å². The molecule has 0 radical (unpaired) electrons. The van der Waals surface area contributed by atoms with Gasteiger partial charge in [-0.3, -0.25) is 0 Å². The Labute approximate surface area is 107 Å². The average molecular weight is 246 g/mol. The quantitative estimate of drug-likeness (QED) is 0.877. The highest BCUT2D eigenvalue weighted by Crippen LogP contribution is 2.29. The summed E-state index contributed by atoms with van der Waals surface area (Å²) in [7, 11) is 3.27. The Kier molecular flexibility index (Phi) is 3.89. The van der Waals surface area contributed by atoms with Crippen molar-refractivity contribution in [3.63, 3.8) is 0 Å². The van der Waals surface area contributed by atoms with Crippen molar-refractivity contribution in [3.8, 4) is 17.2 Å². The maximum atomic E-state index is 5.55. The average Bonchev–Trinajstić information content (AvgIpc) is 2.87. The number of aromatic nitrogens is 1. The molecular weight excluding hydrogens is 228 g/mol. The van der Waals surface area contributed by atoms with E-state index < -0.39 is 0 Å². The Morgan fingerprint density at radius 3 is 2.56 bits per heavy atom. The number of nitrogens with two attached hydrogens (primary N) is 1. The molecule has 1 heterocycles. The van der Waals surface area contributed by atoms with Crippen molar-refractivity contribution in [3.05, 3.63) is 42.2 Å². The van der Waals surface area contributed by atoms with E-state index in [0.29, 0.717) is 6.54 Å². The SMILES string of the molecule is COc1ccc(-n2ccc(CCN)c2)cc1OC. The molecule has 0 amide bonds. The molecule has 0 saturated heterocycles. The second-order valence-corrected chi connectivity index (χ2v) is 4.00. The van der Waals surface area contributed by atoms with Crippen LogP contribution in [0.4, 0.5) is 0 Å². The van der Waals surface area contributed by atoms with Crippen molar-refractivity contribution >= 4 is 0 Å². The molecule has 0 spiro atoms. The summed E-state index contributed by atoms with van der Waals surface area (Å²) in [6.45, 7) is 0.663. The first-order valence-corrected chi connectivity index (χ1v) is 5.88. The van der Waals surface area contributed by atoms with E-state index in [1.807, 2.05) is 29.0 Å². The number of benzene rings is 1. The van der Waals surface area contributed by atoms with Crippen molar-refractivity contribution in [1.82, 2.24) is 4.57 Å². The number of ether oxygens (including phenoxy) is 2. The predicted molar refractivity (Wildman–Crippen MR) is 71.6 cm³/mol. The smallest absolute Gasteiger partial charge is 0.162 e. The lowest BCUT2D eigenvalue weighted by Gasteiger charge is -2.10. The van der Waals surface area contributed by atoms with E-state index in [9.17, 15) is 0 Å². The van der Waals surface area contributed by atoms with Crippen LogP contribution in [0.15, 0.2) is 36.7 Å². The minimum atomic E-state index is 0.663. The lowest BCUT2D eigenvalue weighted by Crippen LogP contribution is -2.01. The number of hydrogen-bond acceptors (Lipinski definition) is 3. The van der Waals surface area contributed by atoms with E-state index in [-0.39, 0.29) is 0 Å². The van der Waals surface area contributed by atoms with Crippen molar-refractivity contribution in [2.24, 2.45) is 5.73 Å². The Morgan fingerprint density at radius 1 is 1.11 bits per heavy atom. The molecule has 1 aromatic heterocycles. The van der Waals surface area contributed by atoms with E-state index in [1.54, 1.807) is 14.2 Å². The van der Waals surface area contributed by atoms with Gasteiger partial charge < -0.3 is 19.8 Å². The molecule has 2 N–H and O–H groups in total. The van der Waals surface area contributed by atoms with Crippen molar-refractivity contribution in [2.75, 3.05) is 20.8 Å². The molecule has 96 valence electrons. The van der Waals surface area contributed by atoms with Gasteiger partial charge in [-0.2, -0.15) is 0 Å². The molecule has 2 rings (SSSR count). The lowest BCUT2D eigenvalue weighted by molar-refractivity contribution is 0.355. The van der Waals surface area contributed by atoms with Gasteiger partial charge in [-0.15, -0.1) is 0 Å². The van der Waals surface area contributed by atoms with Gasteiger partial charge in [0.15, 0.2) is 11.5 Å². The van der Waals surface area contributed by atoms with Gasteiger partial charge in [-0.05, 0) is 36.7 Å². The third kappa shape index (κ3) is 2.49. The molecule has 4 nitrogen and oxygen atoms in total. The van der Waals surface area contributed by atoms with Gasteiger partial charge in [0.2, 0.25) is 0 Å². The van der Waals surface area contributed by atoms with Crippen LogP contribution in [0.5, 0.6) is 11.5 Å². The summed E-state index contributed by atoms with van der Waals surface area (Å²) >= 11 is 0. The molecule has 0 atom stereocenters. The van der Waals surface area contributed by atoms with Crippen LogP contribution in [0.2, 0.25) is 0 Å². The van der Waals surface area contributed by atoms with Gasteiger partial charge in [0.25, 0.3) is 0 Å². The van der Waals surface area contributed by atoms with Gasteiger partial charge in [-0.1, -0.05) is 0 Å². The van der Waals surface area contributed by atoms with Gasteiger partial charge in [0, 0.05) is 24.1 Å². The molecular formula is C14H18N2O2. The van der Waals surface area contributed by atoms with Crippen LogP contribution in [0.25, 0.3) is 5.69 Å². The van der Waals surface area contributed by atoms with Crippen LogP contribution in [0.3, 0.4) is 0 Å². The maximum Gasteiger partial charge on any atom is 0.162 e. The molecule has 18 heavy (non-hydrogen) atoms. The summed E-state index contributed by atoms with van der Waals surface area (Å²) in [5.74, 6) is 1.46. The summed E-state index contributed by atoms with van der Waals surface area (Å²) in [4.78, 5) is 0. The van der Waals surface area contributed by atoms with Gasteiger partial charge in [0.05, 0.1) is 14.2 Å². The fourth-order valence-electron chi connectivity index (χ4n) is 1.90. The Morgan fingerprint density at radius 2 is 1.89 bits per heavy atom. The molecule has 0 unspecified atom stereocenters. The molecule has 0 fully saturated rings. The summed E-state index contributed by atoms with van der Waals surface area (Å²) < 4.78 is 12.6. The molecule has 2 aromatic rings. The molecule has 0 bridgehead atoms. The van der Waals surface area contributed by atoms with E-state index in [0.717, 1.165) is 23.6 Å². The normalized spacial score (nSPS) is 10.4. The van der Waals surface area contributed by atoms with Crippen LogP contribution < -0.4 is 15.2 Å². The Hall–Kier alpha value is -1.94. The highest BCUT2D eigenvalue weighted by molar-refractivity contribution is 5.49. The van der Waals surface area contributed by atoms with Crippen molar-refractivity contribution in [2.45, 2.75) is 6.42 Å². The van der Waals surface area contributed by atoms with Gasteiger partial charge in [0.1, 0.15) is 0 Å². The van der Waals surface area contributed by atoms with Crippen LogP contribution in [-0.4, -0.2) is 25.3 Å². The largest absolute Gasteiger partial charge is 0.493 e. The summed E-state index contributed by atoms with van der Waals surface area (Å²) in [5, 5.41) is 0.